The number of hydrogen-bond acceptors (Lipinski definition) is 5. The van der Waals surface area contributed by atoms with Gasteiger partial charge in [0.15, 0.2) is 5.65 Å². The van der Waals surface area contributed by atoms with Gasteiger partial charge in [-0.15, -0.1) is 0 Å². The molecule has 1 N–H and O–H groups in total. The summed E-state index contributed by atoms with van der Waals surface area (Å²) in [5, 5.41) is 5.91. The van der Waals surface area contributed by atoms with Crippen LogP contribution in [0.25, 0.3) is 22.3 Å². The number of fused-ring (bicyclic) bond motifs is 1. The fourth-order valence-corrected chi connectivity index (χ4v) is 4.51. The molecule has 2 aromatic heterocycles. The van der Waals surface area contributed by atoms with E-state index >= 15 is 0 Å². The molecule has 7 nitrogen and oxygen atoms in total. The summed E-state index contributed by atoms with van der Waals surface area (Å²) < 4.78 is 33.8. The second-order valence-corrected chi connectivity index (χ2v) is 15.8. The number of pyridine rings is 1. The van der Waals surface area contributed by atoms with Gasteiger partial charge in [-0.3, -0.25) is 0 Å². The highest BCUT2D eigenvalue weighted by atomic mass is 35.5. The zero-order chi connectivity index (χ0) is 21.2. The van der Waals surface area contributed by atoms with Crippen LogP contribution >= 0.6 is 11.6 Å². The summed E-state index contributed by atoms with van der Waals surface area (Å²) >= 11 is 6.44. The fraction of sp³-hybridized carbons (Fsp3) is 0.368. The van der Waals surface area contributed by atoms with Crippen LogP contribution in [0.15, 0.2) is 41.4 Å². The Kier molecular flexibility index (Phi) is 6.44. The minimum Gasteiger partial charge on any atom is -0.359 e. The highest BCUT2D eigenvalue weighted by Gasteiger charge is 2.18. The SMILES string of the molecule is CNS(=O)(=O)c1ccc(-c2nn(COCC[Si](C)(C)C)c3nccc(Cl)c23)cc1. The largest absolute Gasteiger partial charge is 0.359 e. The molecule has 3 aromatic rings. The van der Waals surface area contributed by atoms with E-state index in [0.717, 1.165) is 11.6 Å². The number of aromatic nitrogens is 3. The third kappa shape index (κ3) is 5.04. The van der Waals surface area contributed by atoms with E-state index in [-0.39, 0.29) is 11.6 Å². The standard InChI is InChI=1S/C19H25ClN4O3SSi/c1-21-28(25,26)15-7-5-14(6-8-15)18-17-16(20)9-10-22-19(17)24(23-18)13-27-11-12-29(2,3)4/h5-10,21H,11-13H2,1-4H3. The second-order valence-electron chi connectivity index (χ2n) is 7.92. The molecule has 10 heteroatoms. The van der Waals surface area contributed by atoms with E-state index in [4.69, 9.17) is 16.3 Å². The van der Waals surface area contributed by atoms with Crippen molar-refractivity contribution in [2.24, 2.45) is 0 Å². The highest BCUT2D eigenvalue weighted by Crippen LogP contribution is 2.32. The van der Waals surface area contributed by atoms with Crippen molar-refractivity contribution >= 4 is 40.7 Å². The van der Waals surface area contributed by atoms with Crippen molar-refractivity contribution in [3.8, 4) is 11.3 Å². The van der Waals surface area contributed by atoms with E-state index in [0.29, 0.717) is 28.4 Å². The zero-order valence-electron chi connectivity index (χ0n) is 16.9. The molecule has 0 saturated heterocycles. The van der Waals surface area contributed by atoms with Crippen molar-refractivity contribution in [1.29, 1.82) is 0 Å². The van der Waals surface area contributed by atoms with Crippen LogP contribution in [-0.2, 0) is 21.5 Å². The molecule has 2 heterocycles. The molecule has 0 radical (unpaired) electrons. The van der Waals surface area contributed by atoms with Crippen LogP contribution in [0.3, 0.4) is 0 Å². The lowest BCUT2D eigenvalue weighted by atomic mass is 10.1. The summed E-state index contributed by atoms with van der Waals surface area (Å²) in [6.45, 7) is 7.86. The molecule has 29 heavy (non-hydrogen) atoms. The molecule has 0 amide bonds. The Morgan fingerprint density at radius 3 is 2.48 bits per heavy atom. The van der Waals surface area contributed by atoms with Crippen molar-refractivity contribution in [2.45, 2.75) is 37.3 Å². The van der Waals surface area contributed by atoms with Crippen LogP contribution in [0.4, 0.5) is 0 Å². The Balaban J connectivity index is 1.94. The first-order valence-electron chi connectivity index (χ1n) is 9.25. The third-order valence-corrected chi connectivity index (χ3v) is 7.95. The molecule has 0 aliphatic rings. The van der Waals surface area contributed by atoms with E-state index < -0.39 is 18.1 Å². The minimum absolute atomic E-state index is 0.186. The number of ether oxygens (including phenoxy) is 1. The number of sulfonamides is 1. The number of rotatable bonds is 8. The first-order valence-corrected chi connectivity index (χ1v) is 14.8. The zero-order valence-corrected chi connectivity index (χ0v) is 19.5. The monoisotopic (exact) mass is 452 g/mol. The Morgan fingerprint density at radius 2 is 1.86 bits per heavy atom. The van der Waals surface area contributed by atoms with Gasteiger partial charge in [-0.05, 0) is 31.3 Å². The predicted octanol–water partition coefficient (Wildman–Crippen LogP) is 3.97. The molecule has 0 spiro atoms. The summed E-state index contributed by atoms with van der Waals surface area (Å²) in [7, 11) is -3.29. The second kappa shape index (κ2) is 8.53. The molecule has 0 atom stereocenters. The lowest BCUT2D eigenvalue weighted by Gasteiger charge is -2.15. The number of nitrogens with zero attached hydrogens (tertiary/aromatic N) is 3. The summed E-state index contributed by atoms with van der Waals surface area (Å²) in [4.78, 5) is 4.61. The fourth-order valence-electron chi connectivity index (χ4n) is 2.79. The van der Waals surface area contributed by atoms with Crippen LogP contribution in [-0.4, -0.2) is 44.9 Å². The van der Waals surface area contributed by atoms with Crippen molar-refractivity contribution < 1.29 is 13.2 Å². The molecule has 0 fully saturated rings. The van der Waals surface area contributed by atoms with Crippen LogP contribution in [0.2, 0.25) is 30.7 Å². The van der Waals surface area contributed by atoms with Gasteiger partial charge in [-0.2, -0.15) is 5.10 Å². The van der Waals surface area contributed by atoms with Gasteiger partial charge in [-0.25, -0.2) is 22.8 Å². The van der Waals surface area contributed by atoms with Crippen molar-refractivity contribution in [3.05, 3.63) is 41.6 Å². The molecule has 3 rings (SSSR count). The lowest BCUT2D eigenvalue weighted by molar-refractivity contribution is 0.0814. The Morgan fingerprint density at radius 1 is 1.17 bits per heavy atom. The first-order chi connectivity index (χ1) is 13.6. The minimum atomic E-state index is -3.50. The van der Waals surface area contributed by atoms with E-state index in [1.54, 1.807) is 41.2 Å². The molecular formula is C19H25ClN4O3SSi. The predicted molar refractivity (Wildman–Crippen MR) is 118 cm³/mol. The maximum absolute atomic E-state index is 12.0. The van der Waals surface area contributed by atoms with Gasteiger partial charge in [-0.1, -0.05) is 43.4 Å². The number of halogens is 1. The molecule has 0 aliphatic heterocycles. The summed E-state index contributed by atoms with van der Waals surface area (Å²) in [5.74, 6) is 0. The third-order valence-electron chi connectivity index (χ3n) is 4.50. The molecule has 0 bridgehead atoms. The van der Waals surface area contributed by atoms with Gasteiger partial charge in [0.1, 0.15) is 12.4 Å². The molecule has 0 unspecified atom stereocenters. The van der Waals surface area contributed by atoms with Gasteiger partial charge >= 0.3 is 0 Å². The van der Waals surface area contributed by atoms with Gasteiger partial charge in [0.25, 0.3) is 0 Å². The van der Waals surface area contributed by atoms with E-state index in [1.807, 2.05) is 0 Å². The van der Waals surface area contributed by atoms with Crippen molar-refractivity contribution in [2.75, 3.05) is 13.7 Å². The summed E-state index contributed by atoms with van der Waals surface area (Å²) in [5.41, 5.74) is 2.02. The van der Waals surface area contributed by atoms with Gasteiger partial charge in [0, 0.05) is 26.4 Å². The Labute approximate surface area is 177 Å². The van der Waals surface area contributed by atoms with Crippen molar-refractivity contribution in [1.82, 2.24) is 19.5 Å². The molecule has 156 valence electrons. The molecule has 1 aromatic carbocycles. The molecule has 0 saturated carbocycles. The number of nitrogens with one attached hydrogen (secondary N) is 1. The van der Waals surface area contributed by atoms with E-state index in [9.17, 15) is 8.42 Å². The summed E-state index contributed by atoms with van der Waals surface area (Å²) in [6.07, 6.45) is 1.64. The average molecular weight is 453 g/mol. The summed E-state index contributed by atoms with van der Waals surface area (Å²) in [6, 6.07) is 9.29. The quantitative estimate of drug-likeness (QED) is 0.412. The molecular weight excluding hydrogens is 428 g/mol. The van der Waals surface area contributed by atoms with Crippen LogP contribution in [0.1, 0.15) is 0 Å². The first kappa shape index (κ1) is 21.9. The topological polar surface area (TPSA) is 86.1 Å². The van der Waals surface area contributed by atoms with Crippen LogP contribution in [0, 0.1) is 0 Å². The average Bonchev–Trinajstić information content (AvgIpc) is 3.05. The Bertz CT molecular complexity index is 1110. The maximum Gasteiger partial charge on any atom is 0.240 e. The maximum atomic E-state index is 12.0. The number of hydrogen-bond donors (Lipinski definition) is 1. The van der Waals surface area contributed by atoms with Crippen molar-refractivity contribution in [3.63, 3.8) is 0 Å². The smallest absolute Gasteiger partial charge is 0.240 e. The number of benzene rings is 1. The molecule has 0 aliphatic carbocycles. The van der Waals surface area contributed by atoms with Gasteiger partial charge in [0.2, 0.25) is 10.0 Å². The highest BCUT2D eigenvalue weighted by molar-refractivity contribution is 7.89. The van der Waals surface area contributed by atoms with E-state index in [2.05, 4.69) is 34.4 Å². The lowest BCUT2D eigenvalue weighted by Crippen LogP contribution is -2.22. The van der Waals surface area contributed by atoms with E-state index in [1.165, 1.54) is 7.05 Å². The van der Waals surface area contributed by atoms with Gasteiger partial charge in [0.05, 0.1) is 15.3 Å². The van der Waals surface area contributed by atoms with Crippen LogP contribution < -0.4 is 4.72 Å². The van der Waals surface area contributed by atoms with Gasteiger partial charge < -0.3 is 4.74 Å². The normalized spacial score (nSPS) is 12.6. The van der Waals surface area contributed by atoms with Crippen LogP contribution in [0.5, 0.6) is 0 Å². The Hall–Kier alpha value is -1.78.